The Bertz CT molecular complexity index is 1200. The van der Waals surface area contributed by atoms with Crippen LogP contribution < -0.4 is 0 Å². The Balaban J connectivity index is 1.55. The van der Waals surface area contributed by atoms with Gasteiger partial charge in [0.15, 0.2) is 15.6 Å². The molecule has 5 nitrogen and oxygen atoms in total. The van der Waals surface area contributed by atoms with E-state index >= 15 is 0 Å². The summed E-state index contributed by atoms with van der Waals surface area (Å²) in [6.07, 6.45) is 0.236. The van der Waals surface area contributed by atoms with Gasteiger partial charge in [-0.3, -0.25) is 9.59 Å². The molecule has 0 unspecified atom stereocenters. The topological polar surface area (TPSA) is 77.5 Å². The molecule has 6 heteroatoms. The molecule has 0 atom stereocenters. The number of hydrogen-bond acceptors (Lipinski definition) is 5. The largest absolute Gasteiger partial charge is 0.465 e. The van der Waals surface area contributed by atoms with E-state index in [2.05, 4.69) is 0 Å². The lowest BCUT2D eigenvalue weighted by molar-refractivity contribution is -0.142. The number of carbonyl (C=O) groups is 2. The van der Waals surface area contributed by atoms with Crippen LogP contribution in [0, 0.1) is 13.8 Å². The minimum absolute atomic E-state index is 0.0195. The van der Waals surface area contributed by atoms with Crippen LogP contribution in [-0.4, -0.2) is 32.5 Å². The average Bonchev–Trinajstić information content (AvgIpc) is 2.78. The minimum atomic E-state index is -3.41. The first-order valence-corrected chi connectivity index (χ1v) is 12.1. The highest BCUT2D eigenvalue weighted by Crippen LogP contribution is 2.19. The molecule has 0 saturated carbocycles. The summed E-state index contributed by atoms with van der Waals surface area (Å²) in [6.45, 7) is 3.73. The molecule has 0 aliphatic carbocycles. The van der Waals surface area contributed by atoms with Gasteiger partial charge in [0.05, 0.1) is 23.7 Å². The Kier molecular flexibility index (Phi) is 7.59. The van der Waals surface area contributed by atoms with Crippen molar-refractivity contribution in [2.45, 2.75) is 31.6 Å². The normalized spacial score (nSPS) is 11.2. The van der Waals surface area contributed by atoms with Crippen molar-refractivity contribution in [2.75, 3.05) is 12.4 Å². The van der Waals surface area contributed by atoms with Crippen molar-refractivity contribution in [1.82, 2.24) is 0 Å². The first kappa shape index (κ1) is 23.4. The Hall–Kier alpha value is -3.25. The zero-order chi connectivity index (χ0) is 23.1. The third kappa shape index (κ3) is 5.92. The van der Waals surface area contributed by atoms with E-state index in [1.54, 1.807) is 54.6 Å². The van der Waals surface area contributed by atoms with Gasteiger partial charge in [0.25, 0.3) is 0 Å². The molecule has 0 aromatic heterocycles. The molecule has 0 saturated heterocycles. The molecular formula is C26H26O5S. The van der Waals surface area contributed by atoms with E-state index in [-0.39, 0.29) is 35.9 Å². The number of esters is 1. The number of carbonyl (C=O) groups excluding carboxylic acids is 2. The van der Waals surface area contributed by atoms with E-state index in [0.29, 0.717) is 16.7 Å². The van der Waals surface area contributed by atoms with Gasteiger partial charge >= 0.3 is 5.97 Å². The van der Waals surface area contributed by atoms with Crippen molar-refractivity contribution in [2.24, 2.45) is 0 Å². The number of rotatable bonds is 9. The highest BCUT2D eigenvalue weighted by Gasteiger charge is 2.17. The second kappa shape index (κ2) is 10.4. The van der Waals surface area contributed by atoms with E-state index in [4.69, 9.17) is 4.74 Å². The molecule has 3 rings (SSSR count). The fourth-order valence-electron chi connectivity index (χ4n) is 3.37. The van der Waals surface area contributed by atoms with Gasteiger partial charge in [-0.2, -0.15) is 0 Å². The summed E-state index contributed by atoms with van der Waals surface area (Å²) in [6, 6.07) is 21.0. The number of sulfone groups is 1. The van der Waals surface area contributed by atoms with E-state index in [9.17, 15) is 18.0 Å². The van der Waals surface area contributed by atoms with Crippen LogP contribution in [0.3, 0.4) is 0 Å². The van der Waals surface area contributed by atoms with E-state index in [1.165, 1.54) is 0 Å². The number of ketones is 1. The molecule has 32 heavy (non-hydrogen) atoms. The summed E-state index contributed by atoms with van der Waals surface area (Å²) in [4.78, 5) is 25.3. The summed E-state index contributed by atoms with van der Waals surface area (Å²) in [5.41, 5.74) is 3.57. The SMILES string of the molecule is Cc1ccc(S(=O)(=O)CCCOC(=O)Cc2cccc(C(=O)c3ccccc3)c2C)cc1. The van der Waals surface area contributed by atoms with Gasteiger partial charge < -0.3 is 4.74 Å². The van der Waals surface area contributed by atoms with E-state index < -0.39 is 15.8 Å². The number of hydrogen-bond donors (Lipinski definition) is 0. The standard InChI is InChI=1S/C26H26O5S/c1-19-12-14-23(15-13-19)32(29,30)17-7-16-31-25(27)18-22-10-6-11-24(20(22)2)26(28)21-8-4-3-5-9-21/h3-6,8-15H,7,16-18H2,1-2H3. The molecule has 0 aliphatic heterocycles. The first-order valence-electron chi connectivity index (χ1n) is 10.4. The second-order valence-corrected chi connectivity index (χ2v) is 9.78. The summed E-state index contributed by atoms with van der Waals surface area (Å²) in [5.74, 6) is -0.645. The van der Waals surface area contributed by atoms with Crippen molar-refractivity contribution in [1.29, 1.82) is 0 Å². The molecular weight excluding hydrogens is 424 g/mol. The van der Waals surface area contributed by atoms with Crippen LogP contribution in [0.1, 0.15) is 39.0 Å². The molecule has 0 radical (unpaired) electrons. The molecule has 166 valence electrons. The molecule has 0 aliphatic rings. The lowest BCUT2D eigenvalue weighted by Gasteiger charge is -2.11. The van der Waals surface area contributed by atoms with Crippen LogP contribution in [0.25, 0.3) is 0 Å². The van der Waals surface area contributed by atoms with Gasteiger partial charge in [0, 0.05) is 11.1 Å². The molecule has 0 amide bonds. The molecule has 3 aromatic rings. The summed E-state index contributed by atoms with van der Waals surface area (Å²) >= 11 is 0. The predicted octanol–water partition coefficient (Wildman–Crippen LogP) is 4.48. The zero-order valence-corrected chi connectivity index (χ0v) is 19.0. The van der Waals surface area contributed by atoms with Crippen LogP contribution in [0.4, 0.5) is 0 Å². The molecule has 0 bridgehead atoms. The first-order chi connectivity index (χ1) is 15.3. The van der Waals surface area contributed by atoms with Gasteiger partial charge in [-0.1, -0.05) is 66.2 Å². The maximum Gasteiger partial charge on any atom is 0.310 e. The van der Waals surface area contributed by atoms with Gasteiger partial charge in [0.1, 0.15) is 0 Å². The van der Waals surface area contributed by atoms with Crippen LogP contribution in [0.5, 0.6) is 0 Å². The number of aryl methyl sites for hydroxylation is 1. The van der Waals surface area contributed by atoms with E-state index in [1.807, 2.05) is 32.0 Å². The van der Waals surface area contributed by atoms with Crippen LogP contribution >= 0.6 is 0 Å². The molecule has 0 fully saturated rings. The van der Waals surface area contributed by atoms with Gasteiger partial charge in [0.2, 0.25) is 0 Å². The van der Waals surface area contributed by atoms with Crippen molar-refractivity contribution in [3.05, 3.63) is 101 Å². The van der Waals surface area contributed by atoms with E-state index in [0.717, 1.165) is 11.1 Å². The third-order valence-electron chi connectivity index (χ3n) is 5.26. The van der Waals surface area contributed by atoms with Crippen LogP contribution in [0.15, 0.2) is 77.7 Å². The average molecular weight is 451 g/mol. The van der Waals surface area contributed by atoms with Crippen LogP contribution in [0.2, 0.25) is 0 Å². The summed E-state index contributed by atoms with van der Waals surface area (Å²) < 4.78 is 30.0. The monoisotopic (exact) mass is 450 g/mol. The third-order valence-corrected chi connectivity index (χ3v) is 7.08. The van der Waals surface area contributed by atoms with Gasteiger partial charge in [-0.25, -0.2) is 8.42 Å². The van der Waals surface area contributed by atoms with Crippen molar-refractivity contribution >= 4 is 21.6 Å². The zero-order valence-electron chi connectivity index (χ0n) is 18.2. The summed E-state index contributed by atoms with van der Waals surface area (Å²) in [7, 11) is -3.41. The molecule has 0 heterocycles. The molecule has 3 aromatic carbocycles. The Labute approximate surface area is 189 Å². The highest BCUT2D eigenvalue weighted by atomic mass is 32.2. The Morgan fingerprint density at radius 3 is 2.22 bits per heavy atom. The van der Waals surface area contributed by atoms with Crippen molar-refractivity contribution in [3.8, 4) is 0 Å². The lowest BCUT2D eigenvalue weighted by Crippen LogP contribution is -2.14. The van der Waals surface area contributed by atoms with Gasteiger partial charge in [-0.05, 0) is 43.5 Å². The lowest BCUT2D eigenvalue weighted by atomic mass is 9.94. The van der Waals surface area contributed by atoms with Crippen LogP contribution in [-0.2, 0) is 25.8 Å². The number of ether oxygens (including phenoxy) is 1. The molecule has 0 spiro atoms. The fraction of sp³-hybridized carbons (Fsp3) is 0.231. The second-order valence-electron chi connectivity index (χ2n) is 7.67. The summed E-state index contributed by atoms with van der Waals surface area (Å²) in [5, 5.41) is 0. The minimum Gasteiger partial charge on any atom is -0.465 e. The maximum absolute atomic E-state index is 12.8. The quantitative estimate of drug-likeness (QED) is 0.273. The van der Waals surface area contributed by atoms with Crippen molar-refractivity contribution < 1.29 is 22.7 Å². The van der Waals surface area contributed by atoms with Gasteiger partial charge in [-0.15, -0.1) is 0 Å². The Morgan fingerprint density at radius 1 is 0.844 bits per heavy atom. The predicted molar refractivity (Wildman–Crippen MR) is 124 cm³/mol. The number of benzene rings is 3. The fourth-order valence-corrected chi connectivity index (χ4v) is 4.66. The maximum atomic E-state index is 12.8. The van der Waals surface area contributed by atoms with Crippen molar-refractivity contribution in [3.63, 3.8) is 0 Å². The Morgan fingerprint density at radius 2 is 1.53 bits per heavy atom. The highest BCUT2D eigenvalue weighted by molar-refractivity contribution is 7.91. The smallest absolute Gasteiger partial charge is 0.310 e. The molecule has 0 N–H and O–H groups in total.